The number of aromatic nitrogens is 1. The van der Waals surface area contributed by atoms with Gasteiger partial charge in [-0.15, -0.1) is 0 Å². The molecule has 2 heterocycles. The number of hydrogen-bond donors (Lipinski definition) is 1. The third kappa shape index (κ3) is 4.41. The summed E-state index contributed by atoms with van der Waals surface area (Å²) < 4.78 is 20.3. The Morgan fingerprint density at radius 1 is 1.14 bits per heavy atom. The van der Waals surface area contributed by atoms with Crippen LogP contribution in [0.3, 0.4) is 0 Å². The topological polar surface area (TPSA) is 67.5 Å². The van der Waals surface area contributed by atoms with Crippen LogP contribution < -0.4 is 10.9 Å². The summed E-state index contributed by atoms with van der Waals surface area (Å²) in [7, 11) is 0. The average molecular weight is 452 g/mol. The molecule has 0 aliphatic rings. The molecule has 5 nitrogen and oxygen atoms in total. The molecular formula is C22H15BrFN3O2. The Kier molecular flexibility index (Phi) is 5.22. The number of nitrogens with zero attached hydrogens (tertiary/aromatic N) is 2. The molecule has 1 amide bonds. The summed E-state index contributed by atoms with van der Waals surface area (Å²) in [6.45, 7) is 1.91. The van der Waals surface area contributed by atoms with Crippen molar-refractivity contribution in [2.24, 2.45) is 4.99 Å². The van der Waals surface area contributed by atoms with Crippen LogP contribution in [0.15, 0.2) is 80.7 Å². The van der Waals surface area contributed by atoms with E-state index in [-0.39, 0.29) is 11.1 Å². The van der Waals surface area contributed by atoms with Crippen LogP contribution in [-0.4, -0.2) is 10.9 Å². The SMILES string of the molecule is Cc1ccc(NC(=O)c2cc3cc(Br)ccc3oc2=Nc2cccc(F)c2)nc1. The second-order valence-electron chi connectivity index (χ2n) is 6.41. The van der Waals surface area contributed by atoms with Gasteiger partial charge in [0.15, 0.2) is 0 Å². The van der Waals surface area contributed by atoms with Gasteiger partial charge in [0.25, 0.3) is 5.91 Å². The molecule has 0 saturated carbocycles. The quantitative estimate of drug-likeness (QED) is 0.445. The zero-order chi connectivity index (χ0) is 20.4. The molecule has 4 aromatic rings. The lowest BCUT2D eigenvalue weighted by molar-refractivity contribution is 0.102. The summed E-state index contributed by atoms with van der Waals surface area (Å²) in [6.07, 6.45) is 1.66. The number of amides is 1. The molecule has 0 bridgehead atoms. The molecular weight excluding hydrogens is 437 g/mol. The largest absolute Gasteiger partial charge is 0.438 e. The highest BCUT2D eigenvalue weighted by Crippen LogP contribution is 2.21. The van der Waals surface area contributed by atoms with Gasteiger partial charge in [-0.3, -0.25) is 4.79 Å². The van der Waals surface area contributed by atoms with E-state index in [0.29, 0.717) is 17.1 Å². The van der Waals surface area contributed by atoms with E-state index in [9.17, 15) is 9.18 Å². The Morgan fingerprint density at radius 3 is 2.76 bits per heavy atom. The van der Waals surface area contributed by atoms with Gasteiger partial charge in [0.2, 0.25) is 5.55 Å². The molecule has 4 rings (SSSR count). The number of hydrogen-bond acceptors (Lipinski definition) is 4. The van der Waals surface area contributed by atoms with Crippen molar-refractivity contribution in [2.45, 2.75) is 6.92 Å². The minimum absolute atomic E-state index is 0.0787. The highest BCUT2D eigenvalue weighted by Gasteiger charge is 2.14. The third-order valence-electron chi connectivity index (χ3n) is 4.15. The standard InChI is InChI=1S/C22H15BrFN3O2/c1-13-5-8-20(25-12-13)27-21(28)18-10-14-9-15(23)6-7-19(14)29-22(18)26-17-4-2-3-16(24)11-17/h2-12H,1H3,(H,25,27,28). The summed E-state index contributed by atoms with van der Waals surface area (Å²) in [6, 6.07) is 16.5. The molecule has 1 N–H and O–H groups in total. The lowest BCUT2D eigenvalue weighted by Gasteiger charge is -2.07. The van der Waals surface area contributed by atoms with E-state index >= 15 is 0 Å². The van der Waals surface area contributed by atoms with Gasteiger partial charge in [-0.1, -0.05) is 28.1 Å². The maximum Gasteiger partial charge on any atom is 0.262 e. The third-order valence-corrected chi connectivity index (χ3v) is 4.64. The fourth-order valence-electron chi connectivity index (χ4n) is 2.74. The molecule has 2 aromatic carbocycles. The lowest BCUT2D eigenvalue weighted by Crippen LogP contribution is -2.22. The molecule has 0 atom stereocenters. The lowest BCUT2D eigenvalue weighted by atomic mass is 10.1. The first-order valence-electron chi connectivity index (χ1n) is 8.76. The van der Waals surface area contributed by atoms with E-state index in [1.807, 2.05) is 25.1 Å². The van der Waals surface area contributed by atoms with Gasteiger partial charge < -0.3 is 9.73 Å². The van der Waals surface area contributed by atoms with Crippen LogP contribution in [-0.2, 0) is 0 Å². The van der Waals surface area contributed by atoms with Crippen molar-refractivity contribution >= 4 is 44.3 Å². The van der Waals surface area contributed by atoms with Crippen LogP contribution >= 0.6 is 15.9 Å². The van der Waals surface area contributed by atoms with E-state index in [4.69, 9.17) is 4.42 Å². The van der Waals surface area contributed by atoms with Gasteiger partial charge >= 0.3 is 0 Å². The minimum atomic E-state index is -0.429. The fourth-order valence-corrected chi connectivity index (χ4v) is 3.11. The molecule has 0 fully saturated rings. The van der Waals surface area contributed by atoms with Crippen molar-refractivity contribution in [1.29, 1.82) is 0 Å². The van der Waals surface area contributed by atoms with Crippen molar-refractivity contribution in [3.8, 4) is 0 Å². The van der Waals surface area contributed by atoms with Crippen LogP contribution in [0.1, 0.15) is 15.9 Å². The molecule has 7 heteroatoms. The van der Waals surface area contributed by atoms with E-state index in [1.54, 1.807) is 36.5 Å². The maximum absolute atomic E-state index is 13.6. The zero-order valence-electron chi connectivity index (χ0n) is 15.3. The van der Waals surface area contributed by atoms with Crippen molar-refractivity contribution < 1.29 is 13.6 Å². The van der Waals surface area contributed by atoms with Gasteiger partial charge in [0.1, 0.15) is 22.8 Å². The first-order valence-corrected chi connectivity index (χ1v) is 9.55. The number of pyridine rings is 1. The first-order chi connectivity index (χ1) is 14.0. The average Bonchev–Trinajstić information content (AvgIpc) is 2.69. The maximum atomic E-state index is 13.6. The minimum Gasteiger partial charge on any atom is -0.438 e. The van der Waals surface area contributed by atoms with Crippen LogP contribution in [0.4, 0.5) is 15.9 Å². The number of carbonyl (C=O) groups excluding carboxylic acids is 1. The van der Waals surface area contributed by atoms with Crippen molar-refractivity contribution in [3.05, 3.63) is 93.8 Å². The van der Waals surface area contributed by atoms with E-state index in [0.717, 1.165) is 15.4 Å². The normalized spacial score (nSPS) is 11.6. The van der Waals surface area contributed by atoms with Gasteiger partial charge in [0, 0.05) is 16.1 Å². The second-order valence-corrected chi connectivity index (χ2v) is 7.33. The predicted octanol–water partition coefficient (Wildman–Crippen LogP) is 5.52. The summed E-state index contributed by atoms with van der Waals surface area (Å²) in [5.74, 6) is -0.445. The number of anilines is 1. The van der Waals surface area contributed by atoms with Crippen molar-refractivity contribution in [2.75, 3.05) is 5.32 Å². The van der Waals surface area contributed by atoms with Crippen molar-refractivity contribution in [3.63, 3.8) is 0 Å². The molecule has 0 unspecified atom stereocenters. The number of fused-ring (bicyclic) bond motifs is 1. The van der Waals surface area contributed by atoms with E-state index < -0.39 is 11.7 Å². The fraction of sp³-hybridized carbons (Fsp3) is 0.0455. The van der Waals surface area contributed by atoms with E-state index in [2.05, 4.69) is 31.2 Å². The summed E-state index contributed by atoms with van der Waals surface area (Å²) in [5, 5.41) is 3.47. The molecule has 0 spiro atoms. The number of rotatable bonds is 3. The van der Waals surface area contributed by atoms with Gasteiger partial charge in [-0.2, -0.15) is 0 Å². The van der Waals surface area contributed by atoms with Gasteiger partial charge in [-0.05, 0) is 61.0 Å². The van der Waals surface area contributed by atoms with Gasteiger partial charge in [-0.25, -0.2) is 14.4 Å². The van der Waals surface area contributed by atoms with Gasteiger partial charge in [0.05, 0.1) is 5.69 Å². The first kappa shape index (κ1) is 19.0. The van der Waals surface area contributed by atoms with Crippen LogP contribution in [0.2, 0.25) is 0 Å². The molecule has 0 aliphatic heterocycles. The van der Waals surface area contributed by atoms with E-state index in [1.165, 1.54) is 12.1 Å². The smallest absolute Gasteiger partial charge is 0.262 e. The Bertz CT molecular complexity index is 1280. The number of benzene rings is 2. The van der Waals surface area contributed by atoms with Crippen LogP contribution in [0.5, 0.6) is 0 Å². The predicted molar refractivity (Wildman–Crippen MR) is 112 cm³/mol. The zero-order valence-corrected chi connectivity index (χ0v) is 16.9. The molecule has 29 heavy (non-hydrogen) atoms. The Morgan fingerprint density at radius 2 is 2.00 bits per heavy atom. The summed E-state index contributed by atoms with van der Waals surface area (Å²) in [5.41, 5.74) is 2.16. The number of halogens is 2. The van der Waals surface area contributed by atoms with Crippen LogP contribution in [0, 0.1) is 12.7 Å². The highest BCUT2D eigenvalue weighted by atomic mass is 79.9. The molecule has 0 aliphatic carbocycles. The molecule has 2 aromatic heterocycles. The number of carbonyl (C=O) groups is 1. The monoisotopic (exact) mass is 451 g/mol. The van der Waals surface area contributed by atoms with Crippen LogP contribution in [0.25, 0.3) is 11.0 Å². The Hall–Kier alpha value is -3.32. The Labute approximate surface area is 174 Å². The number of nitrogens with one attached hydrogen (secondary N) is 1. The second kappa shape index (κ2) is 7.97. The molecule has 0 saturated heterocycles. The number of aryl methyl sites for hydroxylation is 1. The molecule has 0 radical (unpaired) electrons. The highest BCUT2D eigenvalue weighted by molar-refractivity contribution is 9.10. The Balaban J connectivity index is 1.85. The molecule has 144 valence electrons. The summed E-state index contributed by atoms with van der Waals surface area (Å²) in [4.78, 5) is 21.5. The summed E-state index contributed by atoms with van der Waals surface area (Å²) >= 11 is 3.42. The van der Waals surface area contributed by atoms with Crippen molar-refractivity contribution in [1.82, 2.24) is 4.98 Å².